The molecule has 4 N–H and O–H groups in total. The SMILES string of the molecule is CC.CC.Cc1cc(C(=O)N(C)C)ccc1C1=CCN(Cc2cc3c(n2C)NCC=C3C2=CC=C(N)CN2)CC1. The van der Waals surface area contributed by atoms with Crippen LogP contribution in [0.15, 0.2) is 60.0 Å². The van der Waals surface area contributed by atoms with Crippen molar-refractivity contribution >= 4 is 22.9 Å². The molecule has 0 saturated heterocycles. The summed E-state index contributed by atoms with van der Waals surface area (Å²) in [6.45, 7) is 14.4. The van der Waals surface area contributed by atoms with Crippen LogP contribution in [0.2, 0.25) is 0 Å². The van der Waals surface area contributed by atoms with Crippen molar-refractivity contribution in [1.82, 2.24) is 19.7 Å². The number of nitrogens with zero attached hydrogens (tertiary/aromatic N) is 3. The van der Waals surface area contributed by atoms with Crippen molar-refractivity contribution in [3.05, 3.63) is 87.9 Å². The van der Waals surface area contributed by atoms with Crippen molar-refractivity contribution in [3.63, 3.8) is 0 Å². The van der Waals surface area contributed by atoms with Gasteiger partial charge in [0.2, 0.25) is 0 Å². The van der Waals surface area contributed by atoms with Gasteiger partial charge >= 0.3 is 0 Å². The van der Waals surface area contributed by atoms with E-state index in [0.717, 1.165) is 55.1 Å². The summed E-state index contributed by atoms with van der Waals surface area (Å²) < 4.78 is 2.29. The number of aromatic nitrogens is 1. The average molecular weight is 545 g/mol. The van der Waals surface area contributed by atoms with Gasteiger partial charge in [-0.2, -0.15) is 0 Å². The first kappa shape index (κ1) is 30.8. The van der Waals surface area contributed by atoms with Crippen molar-refractivity contribution in [1.29, 1.82) is 0 Å². The minimum Gasteiger partial charge on any atom is -0.401 e. The van der Waals surface area contributed by atoms with Crippen molar-refractivity contribution < 1.29 is 4.79 Å². The maximum absolute atomic E-state index is 12.3. The Hall–Kier alpha value is -3.71. The summed E-state index contributed by atoms with van der Waals surface area (Å²) in [6, 6.07) is 8.39. The van der Waals surface area contributed by atoms with E-state index in [1.54, 1.807) is 19.0 Å². The molecule has 2 aromatic rings. The second-order valence-corrected chi connectivity index (χ2v) is 10.1. The highest BCUT2D eigenvalue weighted by Crippen LogP contribution is 2.35. The van der Waals surface area contributed by atoms with Gasteiger partial charge in [0.05, 0.1) is 6.54 Å². The zero-order valence-electron chi connectivity index (χ0n) is 25.7. The van der Waals surface area contributed by atoms with E-state index >= 15 is 0 Å². The molecular formula is C33H48N6O. The number of dihydropyridines is 1. The third-order valence-corrected chi connectivity index (χ3v) is 7.34. The van der Waals surface area contributed by atoms with Gasteiger partial charge in [0.15, 0.2) is 0 Å². The fraction of sp³-hybridized carbons (Fsp3) is 0.424. The lowest BCUT2D eigenvalue weighted by Gasteiger charge is -2.27. The second kappa shape index (κ2) is 14.1. The summed E-state index contributed by atoms with van der Waals surface area (Å²) in [4.78, 5) is 16.4. The van der Waals surface area contributed by atoms with Gasteiger partial charge in [0, 0.05) is 81.1 Å². The Morgan fingerprint density at radius 1 is 1.02 bits per heavy atom. The number of anilines is 1. The monoisotopic (exact) mass is 544 g/mol. The molecule has 0 unspecified atom stereocenters. The number of nitrogens with two attached hydrogens (primary N) is 1. The molecule has 3 aliphatic heterocycles. The van der Waals surface area contributed by atoms with Crippen LogP contribution in [0, 0.1) is 6.92 Å². The zero-order chi connectivity index (χ0) is 29.4. The molecule has 1 aromatic carbocycles. The predicted octanol–water partition coefficient (Wildman–Crippen LogP) is 5.52. The Kier molecular flexibility index (Phi) is 10.8. The number of carbonyl (C=O) groups is 1. The lowest BCUT2D eigenvalue weighted by molar-refractivity contribution is 0.0827. The van der Waals surface area contributed by atoms with Crippen molar-refractivity contribution in [2.45, 2.75) is 47.6 Å². The molecule has 5 rings (SSSR count). The molecule has 0 saturated carbocycles. The summed E-state index contributed by atoms with van der Waals surface area (Å²) in [5.74, 6) is 1.21. The quantitative estimate of drug-likeness (QED) is 0.462. The molecule has 0 aliphatic carbocycles. The normalized spacial score (nSPS) is 16.2. The molecule has 216 valence electrons. The van der Waals surface area contributed by atoms with Crippen LogP contribution in [0.5, 0.6) is 0 Å². The number of benzene rings is 1. The molecule has 0 radical (unpaired) electrons. The number of fused-ring (bicyclic) bond motifs is 1. The van der Waals surface area contributed by atoms with Crippen molar-refractivity contribution in [2.75, 3.05) is 45.6 Å². The van der Waals surface area contributed by atoms with Gasteiger partial charge in [-0.3, -0.25) is 9.69 Å². The molecule has 0 fully saturated rings. The first-order valence-corrected chi connectivity index (χ1v) is 14.6. The van der Waals surface area contributed by atoms with E-state index in [2.05, 4.69) is 64.4 Å². The van der Waals surface area contributed by atoms with Crippen LogP contribution in [0.25, 0.3) is 11.1 Å². The summed E-state index contributed by atoms with van der Waals surface area (Å²) in [5.41, 5.74) is 16.2. The first-order chi connectivity index (χ1) is 19.3. The molecule has 40 heavy (non-hydrogen) atoms. The fourth-order valence-electron chi connectivity index (χ4n) is 5.28. The highest BCUT2D eigenvalue weighted by Gasteiger charge is 2.24. The maximum atomic E-state index is 12.3. The summed E-state index contributed by atoms with van der Waals surface area (Å²) >= 11 is 0. The zero-order valence-corrected chi connectivity index (χ0v) is 25.7. The molecule has 1 amide bonds. The third-order valence-electron chi connectivity index (χ3n) is 7.34. The summed E-state index contributed by atoms with van der Waals surface area (Å²) in [6.07, 6.45) is 9.66. The molecule has 7 heteroatoms. The van der Waals surface area contributed by atoms with E-state index < -0.39 is 0 Å². The van der Waals surface area contributed by atoms with Gasteiger partial charge < -0.3 is 25.8 Å². The lowest BCUT2D eigenvalue weighted by atomic mass is 9.94. The van der Waals surface area contributed by atoms with E-state index in [1.807, 2.05) is 45.9 Å². The first-order valence-electron chi connectivity index (χ1n) is 14.6. The van der Waals surface area contributed by atoms with Crippen molar-refractivity contribution in [2.24, 2.45) is 12.8 Å². The Bertz CT molecular complexity index is 1320. The molecule has 0 bridgehead atoms. The Labute approximate surface area is 241 Å². The van der Waals surface area contributed by atoms with Gasteiger partial charge in [-0.05, 0) is 60.4 Å². The van der Waals surface area contributed by atoms with Gasteiger partial charge in [0.1, 0.15) is 5.82 Å². The van der Waals surface area contributed by atoms with Crippen LogP contribution in [-0.4, -0.2) is 60.5 Å². The van der Waals surface area contributed by atoms with Gasteiger partial charge in [-0.15, -0.1) is 0 Å². The van der Waals surface area contributed by atoms with Crippen molar-refractivity contribution in [3.8, 4) is 0 Å². The van der Waals surface area contributed by atoms with E-state index in [1.165, 1.54) is 33.8 Å². The number of carbonyl (C=O) groups excluding carboxylic acids is 1. The second-order valence-electron chi connectivity index (χ2n) is 10.1. The Morgan fingerprint density at radius 3 is 2.38 bits per heavy atom. The molecule has 1 aromatic heterocycles. The summed E-state index contributed by atoms with van der Waals surface area (Å²) in [5, 5.41) is 7.01. The highest BCUT2D eigenvalue weighted by atomic mass is 16.2. The smallest absolute Gasteiger partial charge is 0.253 e. The molecule has 4 heterocycles. The molecular weight excluding hydrogens is 496 g/mol. The maximum Gasteiger partial charge on any atom is 0.253 e. The van der Waals surface area contributed by atoms with E-state index in [9.17, 15) is 4.79 Å². The average Bonchev–Trinajstić information content (AvgIpc) is 3.30. The number of rotatable bonds is 5. The van der Waals surface area contributed by atoms with Crippen LogP contribution >= 0.6 is 0 Å². The molecule has 0 spiro atoms. The van der Waals surface area contributed by atoms with Crippen LogP contribution in [0.4, 0.5) is 5.82 Å². The molecule has 3 aliphatic rings. The number of amides is 1. The Balaban J connectivity index is 0.00000106. The minimum absolute atomic E-state index is 0.0439. The van der Waals surface area contributed by atoms with Crippen LogP contribution < -0.4 is 16.4 Å². The van der Waals surface area contributed by atoms with E-state index in [0.29, 0.717) is 6.54 Å². The fourth-order valence-corrected chi connectivity index (χ4v) is 5.28. The topological polar surface area (TPSA) is 78.6 Å². The summed E-state index contributed by atoms with van der Waals surface area (Å²) in [7, 11) is 5.73. The number of aryl methyl sites for hydroxylation is 1. The standard InChI is InChI=1S/C29H36N6O.2C2H6/c1-19-15-21(29(36)33(2)3)5-7-24(19)20-10-13-35(14-11-20)18-23-16-26-25(9-12-31-28(26)34(23)4)27-8-6-22(30)17-32-27;2*1-2/h5-10,15-16,31-32H,11-14,17-18,30H2,1-4H3;2*1-2H3. The van der Waals surface area contributed by atoms with Gasteiger partial charge in [0.25, 0.3) is 5.91 Å². The van der Waals surface area contributed by atoms with Gasteiger partial charge in [-0.25, -0.2) is 0 Å². The van der Waals surface area contributed by atoms with Crippen LogP contribution in [0.3, 0.4) is 0 Å². The van der Waals surface area contributed by atoms with Crippen LogP contribution in [0.1, 0.15) is 66.9 Å². The third kappa shape index (κ3) is 6.70. The number of nitrogens with one attached hydrogen (secondary N) is 2. The number of hydrogen-bond acceptors (Lipinski definition) is 5. The van der Waals surface area contributed by atoms with Crippen LogP contribution in [-0.2, 0) is 13.6 Å². The number of hydrogen-bond donors (Lipinski definition) is 3. The lowest BCUT2D eigenvalue weighted by Crippen LogP contribution is -2.29. The molecule has 7 nitrogen and oxygen atoms in total. The predicted molar refractivity (Wildman–Crippen MR) is 170 cm³/mol. The Morgan fingerprint density at radius 2 is 1.77 bits per heavy atom. The largest absolute Gasteiger partial charge is 0.401 e. The minimum atomic E-state index is 0.0439. The van der Waals surface area contributed by atoms with Gasteiger partial charge in [-0.1, -0.05) is 45.9 Å². The number of allylic oxidation sites excluding steroid dienone is 3. The molecule has 0 atom stereocenters. The highest BCUT2D eigenvalue weighted by molar-refractivity contribution is 5.94. The van der Waals surface area contributed by atoms with E-state index in [-0.39, 0.29) is 5.91 Å². The van der Waals surface area contributed by atoms with E-state index in [4.69, 9.17) is 5.73 Å².